The van der Waals surface area contributed by atoms with E-state index in [2.05, 4.69) is 4.98 Å². The van der Waals surface area contributed by atoms with Crippen LogP contribution in [0, 0.1) is 0 Å². The average molecular weight is 227 g/mol. The minimum Gasteiger partial charge on any atom is -0.397 e. The molecule has 0 radical (unpaired) electrons. The van der Waals surface area contributed by atoms with Gasteiger partial charge in [-0.25, -0.2) is 8.78 Å². The Bertz CT molecular complexity index is 358. The van der Waals surface area contributed by atoms with Crippen molar-refractivity contribution in [2.45, 2.75) is 25.3 Å². The van der Waals surface area contributed by atoms with E-state index in [1.807, 2.05) is 11.0 Å². The summed E-state index contributed by atoms with van der Waals surface area (Å²) in [7, 11) is 0. The highest BCUT2D eigenvalue weighted by Crippen LogP contribution is 2.28. The molecule has 0 aromatic carbocycles. The van der Waals surface area contributed by atoms with Crippen LogP contribution in [0.4, 0.5) is 14.5 Å². The van der Waals surface area contributed by atoms with Gasteiger partial charge >= 0.3 is 0 Å². The number of aromatic nitrogens is 1. The zero-order valence-corrected chi connectivity index (χ0v) is 9.00. The van der Waals surface area contributed by atoms with Crippen LogP contribution in [-0.2, 0) is 6.54 Å². The van der Waals surface area contributed by atoms with E-state index in [-0.39, 0.29) is 12.8 Å². The molecular formula is C11H15F2N3. The van der Waals surface area contributed by atoms with Crippen molar-refractivity contribution < 1.29 is 8.78 Å². The Hall–Kier alpha value is -1.23. The average Bonchev–Trinajstić information content (AvgIpc) is 2.24. The molecule has 1 aliphatic rings. The van der Waals surface area contributed by atoms with Gasteiger partial charge in [-0.2, -0.15) is 0 Å². The van der Waals surface area contributed by atoms with Crippen LogP contribution < -0.4 is 5.73 Å². The summed E-state index contributed by atoms with van der Waals surface area (Å²) in [5.74, 6) is -2.49. The molecule has 16 heavy (non-hydrogen) atoms. The SMILES string of the molecule is Nc1cnccc1CN1CCC(F)(F)CC1. The number of anilines is 1. The minimum absolute atomic E-state index is 0.0576. The standard InChI is InChI=1S/C11H15F2N3/c12-11(13)2-5-16(6-3-11)8-9-1-4-15-7-10(9)14/h1,4,7H,2-3,5-6,8,14H2. The quantitative estimate of drug-likeness (QED) is 0.839. The van der Waals surface area contributed by atoms with Crippen LogP contribution in [0.25, 0.3) is 0 Å². The van der Waals surface area contributed by atoms with Crippen LogP contribution >= 0.6 is 0 Å². The van der Waals surface area contributed by atoms with Gasteiger partial charge in [0.2, 0.25) is 0 Å². The number of piperidine rings is 1. The maximum absolute atomic E-state index is 12.9. The van der Waals surface area contributed by atoms with Crippen molar-refractivity contribution in [1.29, 1.82) is 0 Å². The highest BCUT2D eigenvalue weighted by Gasteiger charge is 2.33. The van der Waals surface area contributed by atoms with E-state index in [1.54, 1.807) is 12.4 Å². The van der Waals surface area contributed by atoms with Gasteiger partial charge in [0.1, 0.15) is 0 Å². The fourth-order valence-corrected chi connectivity index (χ4v) is 1.86. The topological polar surface area (TPSA) is 42.1 Å². The normalized spacial score (nSPS) is 20.9. The zero-order chi connectivity index (χ0) is 11.6. The summed E-state index contributed by atoms with van der Waals surface area (Å²) in [5.41, 5.74) is 7.34. The van der Waals surface area contributed by atoms with E-state index in [4.69, 9.17) is 5.73 Å². The first-order valence-electron chi connectivity index (χ1n) is 5.35. The first-order valence-corrected chi connectivity index (χ1v) is 5.35. The summed E-state index contributed by atoms with van der Waals surface area (Å²) in [6, 6.07) is 1.84. The van der Waals surface area contributed by atoms with Gasteiger partial charge in [-0.05, 0) is 11.6 Å². The number of rotatable bonds is 2. The molecule has 5 heteroatoms. The van der Waals surface area contributed by atoms with Crippen LogP contribution in [0.15, 0.2) is 18.5 Å². The Labute approximate surface area is 93.3 Å². The lowest BCUT2D eigenvalue weighted by molar-refractivity contribution is -0.0566. The van der Waals surface area contributed by atoms with Crippen LogP contribution in [0.5, 0.6) is 0 Å². The van der Waals surface area contributed by atoms with Crippen LogP contribution in [0.2, 0.25) is 0 Å². The molecule has 0 amide bonds. The lowest BCUT2D eigenvalue weighted by atomic mass is 10.1. The van der Waals surface area contributed by atoms with Crippen LogP contribution in [0.3, 0.4) is 0 Å². The third-order valence-corrected chi connectivity index (χ3v) is 2.93. The third kappa shape index (κ3) is 2.66. The number of nitrogens with zero attached hydrogens (tertiary/aromatic N) is 2. The van der Waals surface area contributed by atoms with Gasteiger partial charge in [0.15, 0.2) is 0 Å². The molecule has 2 rings (SSSR count). The molecule has 0 unspecified atom stereocenters. The summed E-state index contributed by atoms with van der Waals surface area (Å²) in [6.45, 7) is 1.48. The predicted molar refractivity (Wildman–Crippen MR) is 58.1 cm³/mol. The molecule has 1 aromatic heterocycles. The second kappa shape index (κ2) is 4.33. The van der Waals surface area contributed by atoms with Crippen LogP contribution in [-0.4, -0.2) is 28.9 Å². The Morgan fingerprint density at radius 2 is 2.06 bits per heavy atom. The molecule has 0 spiro atoms. The highest BCUT2D eigenvalue weighted by molar-refractivity contribution is 5.43. The molecular weight excluding hydrogens is 212 g/mol. The fourth-order valence-electron chi connectivity index (χ4n) is 1.86. The molecule has 0 atom stereocenters. The fraction of sp³-hybridized carbons (Fsp3) is 0.545. The molecule has 0 bridgehead atoms. The lowest BCUT2D eigenvalue weighted by Crippen LogP contribution is -2.38. The van der Waals surface area contributed by atoms with Gasteiger partial charge in [-0.1, -0.05) is 0 Å². The Balaban J connectivity index is 1.95. The van der Waals surface area contributed by atoms with Crippen LogP contribution in [0.1, 0.15) is 18.4 Å². The molecule has 2 N–H and O–H groups in total. The van der Waals surface area contributed by atoms with Gasteiger partial charge in [0.05, 0.1) is 11.9 Å². The van der Waals surface area contributed by atoms with Crippen molar-refractivity contribution in [2.24, 2.45) is 0 Å². The number of alkyl halides is 2. The van der Waals surface area contributed by atoms with E-state index in [0.717, 1.165) is 5.56 Å². The second-order valence-corrected chi connectivity index (χ2v) is 4.21. The summed E-state index contributed by atoms with van der Waals surface area (Å²) in [4.78, 5) is 5.90. The van der Waals surface area contributed by atoms with Gasteiger partial charge < -0.3 is 5.73 Å². The number of hydrogen-bond donors (Lipinski definition) is 1. The second-order valence-electron chi connectivity index (χ2n) is 4.21. The first kappa shape index (κ1) is 11.3. The lowest BCUT2D eigenvalue weighted by Gasteiger charge is -2.31. The first-order chi connectivity index (χ1) is 7.57. The Morgan fingerprint density at radius 1 is 1.38 bits per heavy atom. The molecule has 1 saturated heterocycles. The maximum Gasteiger partial charge on any atom is 0.250 e. The van der Waals surface area contributed by atoms with Gasteiger partial charge in [-0.3, -0.25) is 9.88 Å². The van der Waals surface area contributed by atoms with Gasteiger partial charge in [-0.15, -0.1) is 0 Å². The molecule has 88 valence electrons. The number of hydrogen-bond acceptors (Lipinski definition) is 3. The van der Waals surface area contributed by atoms with E-state index < -0.39 is 5.92 Å². The predicted octanol–water partition coefficient (Wildman–Crippen LogP) is 1.89. The third-order valence-electron chi connectivity index (χ3n) is 2.93. The van der Waals surface area contributed by atoms with E-state index in [0.29, 0.717) is 25.3 Å². The van der Waals surface area contributed by atoms with E-state index in [9.17, 15) is 8.78 Å². The molecule has 1 fully saturated rings. The maximum atomic E-state index is 12.9. The number of nitrogen functional groups attached to an aromatic ring is 1. The highest BCUT2D eigenvalue weighted by atomic mass is 19.3. The van der Waals surface area contributed by atoms with Crippen molar-refractivity contribution in [3.63, 3.8) is 0 Å². The Morgan fingerprint density at radius 3 is 2.69 bits per heavy atom. The number of nitrogens with two attached hydrogens (primary N) is 1. The summed E-state index contributed by atoms with van der Waals surface area (Å²) in [5, 5.41) is 0. The van der Waals surface area contributed by atoms with Crippen molar-refractivity contribution in [2.75, 3.05) is 18.8 Å². The van der Waals surface area contributed by atoms with E-state index >= 15 is 0 Å². The molecule has 2 heterocycles. The van der Waals surface area contributed by atoms with E-state index in [1.165, 1.54) is 0 Å². The summed E-state index contributed by atoms with van der Waals surface area (Å²) in [6.07, 6.45) is 3.15. The summed E-state index contributed by atoms with van der Waals surface area (Å²) >= 11 is 0. The van der Waals surface area contributed by atoms with Gasteiger partial charge in [0, 0.05) is 38.7 Å². The molecule has 3 nitrogen and oxygen atoms in total. The Kier molecular flexibility index (Phi) is 3.05. The largest absolute Gasteiger partial charge is 0.397 e. The van der Waals surface area contributed by atoms with Crippen molar-refractivity contribution in [3.8, 4) is 0 Å². The number of halogens is 2. The zero-order valence-electron chi connectivity index (χ0n) is 9.00. The molecule has 0 aliphatic carbocycles. The molecule has 1 aromatic rings. The summed E-state index contributed by atoms with van der Waals surface area (Å²) < 4.78 is 25.9. The number of likely N-dealkylation sites (tertiary alicyclic amines) is 1. The smallest absolute Gasteiger partial charge is 0.250 e. The molecule has 1 aliphatic heterocycles. The minimum atomic E-state index is -2.49. The monoisotopic (exact) mass is 227 g/mol. The number of pyridine rings is 1. The van der Waals surface area contributed by atoms with Crippen molar-refractivity contribution in [3.05, 3.63) is 24.0 Å². The van der Waals surface area contributed by atoms with Gasteiger partial charge in [0.25, 0.3) is 5.92 Å². The molecule has 0 saturated carbocycles. The van der Waals surface area contributed by atoms with Crippen molar-refractivity contribution in [1.82, 2.24) is 9.88 Å². The van der Waals surface area contributed by atoms with Crippen molar-refractivity contribution >= 4 is 5.69 Å².